The van der Waals surface area contributed by atoms with Gasteiger partial charge in [-0.3, -0.25) is 4.79 Å². The fraction of sp³-hybridized carbons (Fsp3) is 0.208. The first-order chi connectivity index (χ1) is 15.5. The zero-order chi connectivity index (χ0) is 22.9. The third kappa shape index (κ3) is 6.37. The standard InChI is InChI=1S/C24H26N2O6/c27-15-26-23-11-21(9-10-24(23)31)32-14-20(30)12-25-13-22(16-1-5-18(28)6-2-16)17-3-7-19(29)8-4-17/h1-11,15,20,22,25,28-31H,12-14H2,(H,26,27). The van der Waals surface area contributed by atoms with Crippen molar-refractivity contribution in [1.82, 2.24) is 5.32 Å². The lowest BCUT2D eigenvalue weighted by molar-refractivity contribution is -0.105. The minimum atomic E-state index is -0.799. The first kappa shape index (κ1) is 22.9. The molecule has 0 aliphatic heterocycles. The van der Waals surface area contributed by atoms with Gasteiger partial charge in [0.1, 0.15) is 35.7 Å². The number of amides is 1. The number of carbonyl (C=O) groups excluding carboxylic acids is 1. The highest BCUT2D eigenvalue weighted by Crippen LogP contribution is 2.28. The van der Waals surface area contributed by atoms with Crippen molar-refractivity contribution in [3.8, 4) is 23.0 Å². The van der Waals surface area contributed by atoms with E-state index in [-0.39, 0.29) is 42.0 Å². The molecule has 6 N–H and O–H groups in total. The quantitative estimate of drug-likeness (QED) is 0.200. The highest BCUT2D eigenvalue weighted by molar-refractivity contribution is 5.76. The number of anilines is 1. The maximum absolute atomic E-state index is 10.6. The topological polar surface area (TPSA) is 131 Å². The molecule has 0 aliphatic rings. The lowest BCUT2D eigenvalue weighted by Crippen LogP contribution is -2.34. The second-order valence-electron chi connectivity index (χ2n) is 7.30. The molecule has 0 heterocycles. The molecule has 0 spiro atoms. The van der Waals surface area contributed by atoms with Crippen molar-refractivity contribution in [1.29, 1.82) is 0 Å². The number of phenolic OH excluding ortho intramolecular Hbond substituents is 3. The van der Waals surface area contributed by atoms with E-state index in [1.165, 1.54) is 18.2 Å². The van der Waals surface area contributed by atoms with Crippen molar-refractivity contribution < 1.29 is 30.0 Å². The molecule has 3 aromatic rings. The smallest absolute Gasteiger partial charge is 0.211 e. The average molecular weight is 438 g/mol. The Morgan fingerprint density at radius 1 is 0.844 bits per heavy atom. The number of nitrogens with one attached hydrogen (secondary N) is 2. The monoisotopic (exact) mass is 438 g/mol. The molecule has 0 fully saturated rings. The maximum Gasteiger partial charge on any atom is 0.211 e. The highest BCUT2D eigenvalue weighted by Gasteiger charge is 2.15. The van der Waals surface area contributed by atoms with E-state index in [0.29, 0.717) is 18.7 Å². The van der Waals surface area contributed by atoms with Gasteiger partial charge in [0.05, 0.1) is 5.69 Å². The molecule has 0 aliphatic carbocycles. The van der Waals surface area contributed by atoms with E-state index in [1.54, 1.807) is 24.3 Å². The second kappa shape index (κ2) is 11.0. The number of carbonyl (C=O) groups is 1. The predicted octanol–water partition coefficient (Wildman–Crippen LogP) is 2.53. The van der Waals surface area contributed by atoms with Crippen LogP contribution in [-0.4, -0.2) is 52.6 Å². The summed E-state index contributed by atoms with van der Waals surface area (Å²) in [5.41, 5.74) is 2.17. The third-order valence-corrected chi connectivity index (χ3v) is 4.94. The SMILES string of the molecule is O=CNc1cc(OCC(O)CNCC(c2ccc(O)cc2)c2ccc(O)cc2)ccc1O. The number of hydrogen-bond acceptors (Lipinski definition) is 7. The Balaban J connectivity index is 1.57. The van der Waals surface area contributed by atoms with Gasteiger partial charge in [-0.15, -0.1) is 0 Å². The van der Waals surface area contributed by atoms with Crippen molar-refractivity contribution >= 4 is 12.1 Å². The number of rotatable bonds is 11. The van der Waals surface area contributed by atoms with Crippen molar-refractivity contribution in [3.63, 3.8) is 0 Å². The van der Waals surface area contributed by atoms with Crippen LogP contribution in [0.4, 0.5) is 5.69 Å². The summed E-state index contributed by atoms with van der Waals surface area (Å²) in [6.45, 7) is 0.796. The minimum Gasteiger partial charge on any atom is -0.508 e. The van der Waals surface area contributed by atoms with Crippen molar-refractivity contribution in [3.05, 3.63) is 77.9 Å². The molecule has 3 aromatic carbocycles. The molecule has 0 radical (unpaired) electrons. The summed E-state index contributed by atoms with van der Waals surface area (Å²) in [6, 6.07) is 18.2. The highest BCUT2D eigenvalue weighted by atomic mass is 16.5. The van der Waals surface area contributed by atoms with Crippen molar-refractivity contribution in [2.45, 2.75) is 12.0 Å². The number of aliphatic hydroxyl groups excluding tert-OH is 1. The summed E-state index contributed by atoms with van der Waals surface area (Å²) in [6.07, 6.45) is -0.345. The van der Waals surface area contributed by atoms with E-state index >= 15 is 0 Å². The molecular formula is C24H26N2O6. The fourth-order valence-electron chi connectivity index (χ4n) is 3.27. The van der Waals surface area contributed by atoms with Gasteiger partial charge in [0.15, 0.2) is 0 Å². The van der Waals surface area contributed by atoms with Crippen LogP contribution in [0.1, 0.15) is 17.0 Å². The van der Waals surface area contributed by atoms with E-state index in [9.17, 15) is 25.2 Å². The molecule has 1 amide bonds. The van der Waals surface area contributed by atoms with Crippen molar-refractivity contribution in [2.24, 2.45) is 0 Å². The number of ether oxygens (including phenoxy) is 1. The molecule has 3 rings (SSSR count). The molecule has 0 bridgehead atoms. The fourth-order valence-corrected chi connectivity index (χ4v) is 3.27. The Labute approximate surface area is 185 Å². The third-order valence-electron chi connectivity index (χ3n) is 4.94. The number of benzene rings is 3. The summed E-state index contributed by atoms with van der Waals surface area (Å²) in [7, 11) is 0. The summed E-state index contributed by atoms with van der Waals surface area (Å²) in [5, 5.41) is 44.7. The maximum atomic E-state index is 10.6. The van der Waals surface area contributed by atoms with Crippen LogP contribution in [0.15, 0.2) is 66.7 Å². The average Bonchev–Trinajstić information content (AvgIpc) is 2.79. The molecule has 0 saturated carbocycles. The summed E-state index contributed by atoms with van der Waals surface area (Å²) >= 11 is 0. The molecule has 32 heavy (non-hydrogen) atoms. The zero-order valence-corrected chi connectivity index (χ0v) is 17.3. The van der Waals surface area contributed by atoms with Crippen LogP contribution < -0.4 is 15.4 Å². The van der Waals surface area contributed by atoms with Gasteiger partial charge in [-0.2, -0.15) is 0 Å². The van der Waals surface area contributed by atoms with Gasteiger partial charge in [-0.25, -0.2) is 0 Å². The van der Waals surface area contributed by atoms with Crippen LogP contribution in [0.5, 0.6) is 23.0 Å². The molecule has 8 heteroatoms. The molecular weight excluding hydrogens is 412 g/mol. The summed E-state index contributed by atoms with van der Waals surface area (Å²) < 4.78 is 5.55. The summed E-state index contributed by atoms with van der Waals surface area (Å²) in [4.78, 5) is 10.6. The Hall–Kier alpha value is -3.75. The van der Waals surface area contributed by atoms with E-state index in [0.717, 1.165) is 11.1 Å². The van der Waals surface area contributed by atoms with Crippen molar-refractivity contribution in [2.75, 3.05) is 25.0 Å². The van der Waals surface area contributed by atoms with Crippen LogP contribution in [0.3, 0.4) is 0 Å². The van der Waals surface area contributed by atoms with E-state index in [4.69, 9.17) is 4.74 Å². The molecule has 8 nitrogen and oxygen atoms in total. The Morgan fingerprint density at radius 2 is 1.44 bits per heavy atom. The predicted molar refractivity (Wildman–Crippen MR) is 120 cm³/mol. The molecule has 1 atom stereocenters. The molecule has 0 saturated heterocycles. The number of aromatic hydroxyl groups is 3. The summed E-state index contributed by atoms with van der Waals surface area (Å²) in [5.74, 6) is 0.621. The first-order valence-electron chi connectivity index (χ1n) is 10.1. The second-order valence-corrected chi connectivity index (χ2v) is 7.30. The normalized spacial score (nSPS) is 11.8. The Morgan fingerprint density at radius 3 is 2.00 bits per heavy atom. The van der Waals surface area contributed by atoms with Gasteiger partial charge in [0.2, 0.25) is 6.41 Å². The van der Waals surface area contributed by atoms with E-state index in [1.807, 2.05) is 24.3 Å². The van der Waals surface area contributed by atoms with Crippen LogP contribution in [0.2, 0.25) is 0 Å². The van der Waals surface area contributed by atoms with Crippen LogP contribution >= 0.6 is 0 Å². The van der Waals surface area contributed by atoms with Gasteiger partial charge in [-0.1, -0.05) is 24.3 Å². The van der Waals surface area contributed by atoms with Gasteiger partial charge >= 0.3 is 0 Å². The molecule has 168 valence electrons. The van der Waals surface area contributed by atoms with E-state index < -0.39 is 6.10 Å². The van der Waals surface area contributed by atoms with Gasteiger partial charge in [-0.05, 0) is 47.5 Å². The molecule has 1 unspecified atom stereocenters. The zero-order valence-electron chi connectivity index (χ0n) is 17.3. The van der Waals surface area contributed by atoms with Crippen LogP contribution in [0, 0.1) is 0 Å². The lowest BCUT2D eigenvalue weighted by atomic mass is 9.91. The minimum absolute atomic E-state index is 0.0153. The van der Waals surface area contributed by atoms with Gasteiger partial charge in [0, 0.05) is 25.1 Å². The van der Waals surface area contributed by atoms with Crippen LogP contribution in [0.25, 0.3) is 0 Å². The Kier molecular flexibility index (Phi) is 7.91. The van der Waals surface area contributed by atoms with Gasteiger partial charge in [0.25, 0.3) is 0 Å². The number of hydrogen-bond donors (Lipinski definition) is 6. The largest absolute Gasteiger partial charge is 0.508 e. The van der Waals surface area contributed by atoms with Crippen LogP contribution in [-0.2, 0) is 4.79 Å². The molecule has 0 aromatic heterocycles. The Bertz CT molecular complexity index is 963. The van der Waals surface area contributed by atoms with Gasteiger partial charge < -0.3 is 35.8 Å². The lowest BCUT2D eigenvalue weighted by Gasteiger charge is -2.20. The number of phenols is 3. The first-order valence-corrected chi connectivity index (χ1v) is 10.1. The number of aliphatic hydroxyl groups is 1. The van der Waals surface area contributed by atoms with E-state index in [2.05, 4.69) is 10.6 Å².